The van der Waals surface area contributed by atoms with Crippen molar-refractivity contribution in [3.63, 3.8) is 0 Å². The molecule has 0 saturated carbocycles. The molecule has 0 aromatic heterocycles. The topological polar surface area (TPSA) is 27.7 Å². The molecule has 3 nitrogen and oxygen atoms in total. The second kappa shape index (κ2) is 5.93. The lowest BCUT2D eigenvalue weighted by Gasteiger charge is -2.44. The van der Waals surface area contributed by atoms with E-state index in [4.69, 9.17) is 14.2 Å². The first-order valence-corrected chi connectivity index (χ1v) is 6.99. The van der Waals surface area contributed by atoms with Crippen LogP contribution in [0.15, 0.2) is 24.3 Å². The van der Waals surface area contributed by atoms with Crippen LogP contribution in [0.3, 0.4) is 0 Å². The normalized spacial score (nSPS) is 22.6. The first-order valence-electron chi connectivity index (χ1n) is 6.99. The molecule has 1 saturated heterocycles. The van der Waals surface area contributed by atoms with Gasteiger partial charge < -0.3 is 14.2 Å². The summed E-state index contributed by atoms with van der Waals surface area (Å²) in [5, 5.41) is 0. The first-order chi connectivity index (χ1) is 9.03. The molecule has 0 aliphatic carbocycles. The van der Waals surface area contributed by atoms with Crippen molar-refractivity contribution in [2.24, 2.45) is 5.41 Å². The summed E-state index contributed by atoms with van der Waals surface area (Å²) < 4.78 is 16.8. The zero-order valence-electron chi connectivity index (χ0n) is 12.3. The third-order valence-electron chi connectivity index (χ3n) is 3.41. The van der Waals surface area contributed by atoms with Crippen LogP contribution in [0.25, 0.3) is 0 Å². The van der Waals surface area contributed by atoms with E-state index in [-0.39, 0.29) is 17.6 Å². The second-order valence-electron chi connectivity index (χ2n) is 5.84. The highest BCUT2D eigenvalue weighted by atomic mass is 16.5. The van der Waals surface area contributed by atoms with Crippen LogP contribution < -0.4 is 4.74 Å². The summed E-state index contributed by atoms with van der Waals surface area (Å²) in [7, 11) is 0. The molecule has 1 heterocycles. The zero-order valence-corrected chi connectivity index (χ0v) is 12.3. The highest BCUT2D eigenvalue weighted by molar-refractivity contribution is 5.30. The van der Waals surface area contributed by atoms with Gasteiger partial charge in [-0.3, -0.25) is 0 Å². The third kappa shape index (κ3) is 3.48. The van der Waals surface area contributed by atoms with Gasteiger partial charge in [-0.25, -0.2) is 0 Å². The van der Waals surface area contributed by atoms with Gasteiger partial charge in [0.15, 0.2) is 0 Å². The SMILES string of the molecule is CCOCC(C)Oc1ccc(C2OCC2(C)C)cc1. The number of hydrogen-bond donors (Lipinski definition) is 0. The standard InChI is InChI=1S/C16H24O3/c1-5-17-10-12(2)19-14-8-6-13(7-9-14)15-16(3,4)11-18-15/h6-9,12,15H,5,10-11H2,1-4H3. The van der Waals surface area contributed by atoms with E-state index in [1.165, 1.54) is 5.56 Å². The Labute approximate surface area is 115 Å². The zero-order chi connectivity index (χ0) is 13.9. The average Bonchev–Trinajstić information content (AvgIpc) is 2.37. The van der Waals surface area contributed by atoms with Crippen LogP contribution >= 0.6 is 0 Å². The fraction of sp³-hybridized carbons (Fsp3) is 0.625. The van der Waals surface area contributed by atoms with Crippen molar-refractivity contribution in [1.29, 1.82) is 0 Å². The van der Waals surface area contributed by atoms with Crippen molar-refractivity contribution in [3.8, 4) is 5.75 Å². The van der Waals surface area contributed by atoms with Gasteiger partial charge in [-0.2, -0.15) is 0 Å². The second-order valence-corrected chi connectivity index (χ2v) is 5.84. The summed E-state index contributed by atoms with van der Waals surface area (Å²) in [5.41, 5.74) is 1.46. The Balaban J connectivity index is 1.91. The van der Waals surface area contributed by atoms with Gasteiger partial charge in [0.2, 0.25) is 0 Å². The molecule has 0 amide bonds. The van der Waals surface area contributed by atoms with Crippen molar-refractivity contribution >= 4 is 0 Å². The lowest BCUT2D eigenvalue weighted by molar-refractivity contribution is -0.172. The molecule has 1 aromatic carbocycles. The van der Waals surface area contributed by atoms with Crippen LogP contribution in [0.2, 0.25) is 0 Å². The summed E-state index contributed by atoms with van der Waals surface area (Å²) >= 11 is 0. The molecule has 0 radical (unpaired) electrons. The molecular weight excluding hydrogens is 240 g/mol. The highest BCUT2D eigenvalue weighted by Crippen LogP contribution is 2.45. The Kier molecular flexibility index (Phi) is 4.48. The van der Waals surface area contributed by atoms with Crippen molar-refractivity contribution in [3.05, 3.63) is 29.8 Å². The Morgan fingerprint density at radius 1 is 1.32 bits per heavy atom. The van der Waals surface area contributed by atoms with Crippen LogP contribution in [0.4, 0.5) is 0 Å². The van der Waals surface area contributed by atoms with Crippen molar-refractivity contribution in [1.82, 2.24) is 0 Å². The molecule has 2 rings (SSSR count). The quantitative estimate of drug-likeness (QED) is 0.786. The number of hydrogen-bond acceptors (Lipinski definition) is 3. The minimum Gasteiger partial charge on any atom is -0.488 e. The predicted molar refractivity (Wildman–Crippen MR) is 75.5 cm³/mol. The van der Waals surface area contributed by atoms with Gasteiger partial charge in [-0.05, 0) is 31.5 Å². The van der Waals surface area contributed by atoms with E-state index in [2.05, 4.69) is 26.0 Å². The molecule has 2 atom stereocenters. The average molecular weight is 264 g/mol. The van der Waals surface area contributed by atoms with Gasteiger partial charge >= 0.3 is 0 Å². The van der Waals surface area contributed by atoms with E-state index in [1.807, 2.05) is 26.0 Å². The van der Waals surface area contributed by atoms with E-state index in [9.17, 15) is 0 Å². The fourth-order valence-electron chi connectivity index (χ4n) is 2.32. The Morgan fingerprint density at radius 2 is 2.00 bits per heavy atom. The summed E-state index contributed by atoms with van der Waals surface area (Å²) in [6.07, 6.45) is 0.282. The number of benzene rings is 1. The Morgan fingerprint density at radius 3 is 2.47 bits per heavy atom. The van der Waals surface area contributed by atoms with Crippen LogP contribution in [-0.2, 0) is 9.47 Å². The summed E-state index contributed by atoms with van der Waals surface area (Å²) in [6, 6.07) is 8.20. The molecule has 106 valence electrons. The molecule has 1 fully saturated rings. The van der Waals surface area contributed by atoms with Gasteiger partial charge in [0.05, 0.1) is 19.3 Å². The van der Waals surface area contributed by atoms with Crippen LogP contribution in [-0.4, -0.2) is 25.9 Å². The lowest BCUT2D eigenvalue weighted by atomic mass is 9.79. The van der Waals surface area contributed by atoms with E-state index < -0.39 is 0 Å². The monoisotopic (exact) mass is 264 g/mol. The van der Waals surface area contributed by atoms with Gasteiger partial charge in [-0.15, -0.1) is 0 Å². The smallest absolute Gasteiger partial charge is 0.119 e. The molecular formula is C16H24O3. The molecule has 3 heteroatoms. The van der Waals surface area contributed by atoms with Crippen molar-refractivity contribution in [2.45, 2.75) is 39.9 Å². The molecule has 1 aromatic rings. The van der Waals surface area contributed by atoms with Crippen molar-refractivity contribution in [2.75, 3.05) is 19.8 Å². The fourth-order valence-corrected chi connectivity index (χ4v) is 2.32. The summed E-state index contributed by atoms with van der Waals surface area (Å²) in [6.45, 7) is 10.6. The highest BCUT2D eigenvalue weighted by Gasteiger charge is 2.40. The van der Waals surface area contributed by atoms with Crippen molar-refractivity contribution < 1.29 is 14.2 Å². The van der Waals surface area contributed by atoms with E-state index in [1.54, 1.807) is 0 Å². The first kappa shape index (κ1) is 14.4. The maximum absolute atomic E-state index is 5.79. The minimum atomic E-state index is 0.0715. The Hall–Kier alpha value is -1.06. The molecule has 19 heavy (non-hydrogen) atoms. The minimum absolute atomic E-state index is 0.0715. The van der Waals surface area contributed by atoms with Gasteiger partial charge in [0.1, 0.15) is 11.9 Å². The van der Waals surface area contributed by atoms with Crippen LogP contribution in [0, 0.1) is 5.41 Å². The predicted octanol–water partition coefficient (Wildman–Crippen LogP) is 3.59. The summed E-state index contributed by atoms with van der Waals surface area (Å²) in [5.74, 6) is 0.882. The maximum Gasteiger partial charge on any atom is 0.119 e. The van der Waals surface area contributed by atoms with Gasteiger partial charge in [-0.1, -0.05) is 26.0 Å². The van der Waals surface area contributed by atoms with E-state index in [0.29, 0.717) is 6.61 Å². The third-order valence-corrected chi connectivity index (χ3v) is 3.41. The molecule has 0 N–H and O–H groups in total. The molecule has 0 spiro atoms. The largest absolute Gasteiger partial charge is 0.488 e. The van der Waals surface area contributed by atoms with E-state index in [0.717, 1.165) is 19.0 Å². The summed E-state index contributed by atoms with van der Waals surface area (Å²) in [4.78, 5) is 0. The molecule has 2 unspecified atom stereocenters. The van der Waals surface area contributed by atoms with Gasteiger partial charge in [0.25, 0.3) is 0 Å². The van der Waals surface area contributed by atoms with Crippen LogP contribution in [0.5, 0.6) is 5.75 Å². The maximum atomic E-state index is 5.79. The lowest BCUT2D eigenvalue weighted by Crippen LogP contribution is -2.40. The Bertz CT molecular complexity index is 397. The number of ether oxygens (including phenoxy) is 3. The van der Waals surface area contributed by atoms with Gasteiger partial charge in [0, 0.05) is 12.0 Å². The molecule has 1 aliphatic rings. The van der Waals surface area contributed by atoms with E-state index >= 15 is 0 Å². The number of rotatable bonds is 6. The van der Waals surface area contributed by atoms with Crippen LogP contribution in [0.1, 0.15) is 39.4 Å². The molecule has 0 bridgehead atoms. The molecule has 1 aliphatic heterocycles.